The Morgan fingerprint density at radius 2 is 1.71 bits per heavy atom. The molecule has 3 nitrogen and oxygen atoms in total. The molecule has 3 rings (SSSR count). The highest BCUT2D eigenvalue weighted by Gasteiger charge is 2.39. The first-order valence-corrected chi connectivity index (χ1v) is 6.57. The van der Waals surface area contributed by atoms with E-state index in [0.29, 0.717) is 0 Å². The predicted molar refractivity (Wildman–Crippen MR) is 69.6 cm³/mol. The van der Waals surface area contributed by atoms with Gasteiger partial charge >= 0.3 is 0 Å². The molecule has 0 radical (unpaired) electrons. The maximum Gasteiger partial charge on any atom is 0.0362 e. The molecule has 1 fully saturated rings. The minimum Gasteiger partial charge on any atom is -0.329 e. The summed E-state index contributed by atoms with van der Waals surface area (Å²) in [5, 5.41) is 3.44. The maximum atomic E-state index is 6.08. The first-order chi connectivity index (χ1) is 8.34. The van der Waals surface area contributed by atoms with E-state index in [1.807, 2.05) is 0 Å². The number of piperidine rings is 1. The van der Waals surface area contributed by atoms with Crippen molar-refractivity contribution in [2.45, 2.75) is 31.5 Å². The van der Waals surface area contributed by atoms with Gasteiger partial charge in [0, 0.05) is 25.2 Å². The normalized spacial score (nSPS) is 23.6. The first kappa shape index (κ1) is 11.2. The Kier molecular flexibility index (Phi) is 2.90. The summed E-state index contributed by atoms with van der Waals surface area (Å²) in [6.45, 7) is 5.14. The molecule has 0 saturated carbocycles. The van der Waals surface area contributed by atoms with Crippen LogP contribution in [-0.4, -0.2) is 30.1 Å². The Balaban J connectivity index is 1.82. The SMILES string of the molecule is NCC1(N2Cc3ccccc3C2)CCNCC1. The summed E-state index contributed by atoms with van der Waals surface area (Å²) in [4.78, 5) is 2.60. The van der Waals surface area contributed by atoms with E-state index in [1.54, 1.807) is 0 Å². The third-order valence-electron chi connectivity index (χ3n) is 4.43. The number of benzene rings is 1. The Hall–Kier alpha value is -0.900. The summed E-state index contributed by atoms with van der Waals surface area (Å²) in [7, 11) is 0. The van der Waals surface area contributed by atoms with Gasteiger partial charge in [0.1, 0.15) is 0 Å². The van der Waals surface area contributed by atoms with Gasteiger partial charge in [-0.3, -0.25) is 4.90 Å². The fraction of sp³-hybridized carbons (Fsp3) is 0.571. The Bertz CT molecular complexity index is 371. The topological polar surface area (TPSA) is 41.3 Å². The van der Waals surface area contributed by atoms with Crippen LogP contribution in [0.25, 0.3) is 0 Å². The van der Waals surface area contributed by atoms with Gasteiger partial charge in [-0.15, -0.1) is 0 Å². The van der Waals surface area contributed by atoms with Gasteiger partial charge < -0.3 is 11.1 Å². The van der Waals surface area contributed by atoms with Crippen LogP contribution in [0.5, 0.6) is 0 Å². The molecule has 0 bridgehead atoms. The largest absolute Gasteiger partial charge is 0.329 e. The van der Waals surface area contributed by atoms with E-state index in [4.69, 9.17) is 5.73 Å². The van der Waals surface area contributed by atoms with Crippen molar-refractivity contribution in [1.82, 2.24) is 10.2 Å². The number of hydrogen-bond acceptors (Lipinski definition) is 3. The number of nitrogens with two attached hydrogens (primary N) is 1. The van der Waals surface area contributed by atoms with Crippen molar-refractivity contribution >= 4 is 0 Å². The summed E-state index contributed by atoms with van der Waals surface area (Å²) in [6, 6.07) is 8.78. The van der Waals surface area contributed by atoms with E-state index in [1.165, 1.54) is 24.0 Å². The van der Waals surface area contributed by atoms with E-state index < -0.39 is 0 Å². The highest BCUT2D eigenvalue weighted by atomic mass is 15.2. The van der Waals surface area contributed by atoms with Gasteiger partial charge in [0.25, 0.3) is 0 Å². The van der Waals surface area contributed by atoms with Crippen molar-refractivity contribution < 1.29 is 0 Å². The van der Waals surface area contributed by atoms with Crippen LogP contribution < -0.4 is 11.1 Å². The highest BCUT2D eigenvalue weighted by molar-refractivity contribution is 5.31. The molecule has 0 atom stereocenters. The van der Waals surface area contributed by atoms with Crippen LogP contribution in [0.1, 0.15) is 24.0 Å². The zero-order chi connectivity index (χ0) is 11.7. The van der Waals surface area contributed by atoms with Crippen LogP contribution in [0.3, 0.4) is 0 Å². The number of nitrogens with one attached hydrogen (secondary N) is 1. The van der Waals surface area contributed by atoms with E-state index >= 15 is 0 Å². The quantitative estimate of drug-likeness (QED) is 0.800. The van der Waals surface area contributed by atoms with E-state index in [0.717, 1.165) is 32.7 Å². The second kappa shape index (κ2) is 4.41. The molecule has 2 aliphatic heterocycles. The van der Waals surface area contributed by atoms with Crippen LogP contribution in [-0.2, 0) is 13.1 Å². The lowest BCUT2D eigenvalue weighted by Gasteiger charge is -2.44. The molecule has 0 spiro atoms. The predicted octanol–water partition coefficient (Wildman–Crippen LogP) is 1.08. The zero-order valence-electron chi connectivity index (χ0n) is 10.3. The Morgan fingerprint density at radius 1 is 1.12 bits per heavy atom. The fourth-order valence-corrected chi connectivity index (χ4v) is 3.21. The maximum absolute atomic E-state index is 6.08. The number of fused-ring (bicyclic) bond motifs is 1. The average molecular weight is 231 g/mol. The standard InChI is InChI=1S/C14H21N3/c15-11-14(5-7-16-8-6-14)17-9-12-3-1-2-4-13(12)10-17/h1-4,16H,5-11,15H2. The molecule has 1 saturated heterocycles. The van der Waals surface area contributed by atoms with Crippen molar-refractivity contribution in [3.8, 4) is 0 Å². The average Bonchev–Trinajstić information content (AvgIpc) is 2.84. The summed E-state index contributed by atoms with van der Waals surface area (Å²) in [5.41, 5.74) is 9.28. The molecular formula is C14H21N3. The van der Waals surface area contributed by atoms with Gasteiger partial charge in [0.05, 0.1) is 0 Å². The highest BCUT2D eigenvalue weighted by Crippen LogP contribution is 2.33. The molecule has 0 aliphatic carbocycles. The smallest absolute Gasteiger partial charge is 0.0362 e. The zero-order valence-corrected chi connectivity index (χ0v) is 10.3. The molecule has 0 unspecified atom stereocenters. The van der Waals surface area contributed by atoms with Crippen LogP contribution in [0.4, 0.5) is 0 Å². The second-order valence-electron chi connectivity index (χ2n) is 5.30. The molecular weight excluding hydrogens is 210 g/mol. The molecule has 3 heteroatoms. The molecule has 0 amide bonds. The van der Waals surface area contributed by atoms with Crippen molar-refractivity contribution in [3.63, 3.8) is 0 Å². The molecule has 1 aromatic rings. The van der Waals surface area contributed by atoms with Crippen LogP contribution in [0.15, 0.2) is 24.3 Å². The molecule has 0 aromatic heterocycles. The van der Waals surface area contributed by atoms with Crippen molar-refractivity contribution in [2.75, 3.05) is 19.6 Å². The molecule has 1 aromatic carbocycles. The van der Waals surface area contributed by atoms with Gasteiger partial charge in [-0.1, -0.05) is 24.3 Å². The molecule has 3 N–H and O–H groups in total. The molecule has 17 heavy (non-hydrogen) atoms. The van der Waals surface area contributed by atoms with E-state index in [9.17, 15) is 0 Å². The Labute approximate surface area is 103 Å². The minimum absolute atomic E-state index is 0.226. The summed E-state index contributed by atoms with van der Waals surface area (Å²) >= 11 is 0. The molecule has 2 aliphatic rings. The third-order valence-corrected chi connectivity index (χ3v) is 4.43. The van der Waals surface area contributed by atoms with Gasteiger partial charge in [0.2, 0.25) is 0 Å². The van der Waals surface area contributed by atoms with Gasteiger partial charge in [-0.25, -0.2) is 0 Å². The van der Waals surface area contributed by atoms with Crippen LogP contribution in [0, 0.1) is 0 Å². The molecule has 2 heterocycles. The fourth-order valence-electron chi connectivity index (χ4n) is 3.21. The summed E-state index contributed by atoms with van der Waals surface area (Å²) in [5.74, 6) is 0. The lowest BCUT2D eigenvalue weighted by Crippen LogP contribution is -2.57. The third kappa shape index (κ3) is 1.88. The number of rotatable bonds is 2. The van der Waals surface area contributed by atoms with Crippen molar-refractivity contribution in [1.29, 1.82) is 0 Å². The Morgan fingerprint density at radius 3 is 2.24 bits per heavy atom. The summed E-state index contributed by atoms with van der Waals surface area (Å²) in [6.07, 6.45) is 2.36. The van der Waals surface area contributed by atoms with Gasteiger partial charge in [-0.2, -0.15) is 0 Å². The van der Waals surface area contributed by atoms with Gasteiger partial charge in [-0.05, 0) is 37.1 Å². The van der Waals surface area contributed by atoms with E-state index in [-0.39, 0.29) is 5.54 Å². The lowest BCUT2D eigenvalue weighted by atomic mass is 9.86. The number of hydrogen-bond donors (Lipinski definition) is 2. The lowest BCUT2D eigenvalue weighted by molar-refractivity contribution is 0.0601. The van der Waals surface area contributed by atoms with Crippen molar-refractivity contribution in [2.24, 2.45) is 5.73 Å². The number of nitrogens with zero attached hydrogens (tertiary/aromatic N) is 1. The van der Waals surface area contributed by atoms with Crippen LogP contribution >= 0.6 is 0 Å². The monoisotopic (exact) mass is 231 g/mol. The van der Waals surface area contributed by atoms with Crippen molar-refractivity contribution in [3.05, 3.63) is 35.4 Å². The molecule has 92 valence electrons. The summed E-state index contributed by atoms with van der Waals surface area (Å²) < 4.78 is 0. The first-order valence-electron chi connectivity index (χ1n) is 6.57. The second-order valence-corrected chi connectivity index (χ2v) is 5.30. The minimum atomic E-state index is 0.226. The van der Waals surface area contributed by atoms with Gasteiger partial charge in [0.15, 0.2) is 0 Å². The van der Waals surface area contributed by atoms with Crippen LogP contribution in [0.2, 0.25) is 0 Å². The van der Waals surface area contributed by atoms with E-state index in [2.05, 4.69) is 34.5 Å².